The van der Waals surface area contributed by atoms with Crippen molar-refractivity contribution in [3.05, 3.63) is 54.4 Å². The van der Waals surface area contributed by atoms with E-state index in [1.807, 2.05) is 6.92 Å². The number of carbonyl (C=O) groups is 2. The number of benzene rings is 1. The average molecular weight is 413 g/mol. The zero-order chi connectivity index (χ0) is 17.6. The number of aromatic nitrogens is 1. The van der Waals surface area contributed by atoms with Crippen LogP contribution in [-0.4, -0.2) is 42.1 Å². The molecule has 2 atom stereocenters. The molecule has 7 nitrogen and oxygen atoms in total. The fourth-order valence-corrected chi connectivity index (χ4v) is 2.59. The second-order valence-corrected chi connectivity index (χ2v) is 5.77. The molecule has 0 unspecified atom stereocenters. The molecule has 0 radical (unpaired) electrons. The Morgan fingerprint density at radius 2 is 1.85 bits per heavy atom. The fourth-order valence-electron chi connectivity index (χ4n) is 2.59. The molecule has 9 heteroatoms. The zero-order valence-electron chi connectivity index (χ0n) is 14.7. The summed E-state index contributed by atoms with van der Waals surface area (Å²) in [5.41, 5.74) is 1.75. The maximum atomic E-state index is 12.3. The highest BCUT2D eigenvalue weighted by Gasteiger charge is 2.28. The normalized spacial score (nSPS) is 18.4. The van der Waals surface area contributed by atoms with Crippen LogP contribution in [0.4, 0.5) is 11.4 Å². The smallest absolute Gasteiger partial charge is 0.255 e. The minimum absolute atomic E-state index is 0. The van der Waals surface area contributed by atoms with E-state index in [1.165, 1.54) is 0 Å². The number of morpholine rings is 1. The van der Waals surface area contributed by atoms with Crippen molar-refractivity contribution in [2.45, 2.75) is 19.1 Å². The molecule has 2 aromatic rings. The maximum absolute atomic E-state index is 12.3. The lowest BCUT2D eigenvalue weighted by Crippen LogP contribution is -2.53. The summed E-state index contributed by atoms with van der Waals surface area (Å²) in [7, 11) is 0. The summed E-state index contributed by atoms with van der Waals surface area (Å²) in [6.07, 6.45) is 3.03. The summed E-state index contributed by atoms with van der Waals surface area (Å²) in [5.74, 6) is -0.387. The van der Waals surface area contributed by atoms with Gasteiger partial charge in [-0.1, -0.05) is 0 Å². The van der Waals surface area contributed by atoms with Crippen LogP contribution in [0.3, 0.4) is 0 Å². The number of anilines is 2. The van der Waals surface area contributed by atoms with Crippen LogP contribution >= 0.6 is 24.8 Å². The highest BCUT2D eigenvalue weighted by Crippen LogP contribution is 2.14. The van der Waals surface area contributed by atoms with Crippen molar-refractivity contribution in [3.63, 3.8) is 0 Å². The predicted molar refractivity (Wildman–Crippen MR) is 109 cm³/mol. The summed E-state index contributed by atoms with van der Waals surface area (Å²) in [6.45, 7) is 3.11. The third-order valence-electron chi connectivity index (χ3n) is 3.93. The first kappa shape index (κ1) is 22.9. The monoisotopic (exact) mass is 412 g/mol. The van der Waals surface area contributed by atoms with Gasteiger partial charge in [-0.2, -0.15) is 0 Å². The molecule has 3 rings (SSSR count). The number of hydrogen-bond donors (Lipinski definition) is 3. The van der Waals surface area contributed by atoms with Gasteiger partial charge in [0.1, 0.15) is 6.04 Å². The van der Waals surface area contributed by atoms with Gasteiger partial charge in [0.15, 0.2) is 0 Å². The minimum atomic E-state index is -0.387. The van der Waals surface area contributed by atoms with E-state index < -0.39 is 0 Å². The van der Waals surface area contributed by atoms with E-state index in [0.717, 1.165) is 0 Å². The van der Waals surface area contributed by atoms with Crippen molar-refractivity contribution in [1.82, 2.24) is 10.3 Å². The van der Waals surface area contributed by atoms with Crippen molar-refractivity contribution in [3.8, 4) is 0 Å². The van der Waals surface area contributed by atoms with Crippen LogP contribution in [0.25, 0.3) is 0 Å². The van der Waals surface area contributed by atoms with Gasteiger partial charge in [0.25, 0.3) is 5.91 Å². The van der Waals surface area contributed by atoms with Crippen LogP contribution < -0.4 is 16.0 Å². The molecule has 27 heavy (non-hydrogen) atoms. The Balaban J connectivity index is 0.00000182. The Morgan fingerprint density at radius 3 is 2.48 bits per heavy atom. The quantitative estimate of drug-likeness (QED) is 0.717. The molecular formula is C18H22Cl2N4O3. The van der Waals surface area contributed by atoms with Crippen LogP contribution in [0, 0.1) is 0 Å². The molecule has 0 aliphatic carbocycles. The van der Waals surface area contributed by atoms with E-state index in [2.05, 4.69) is 20.9 Å². The number of nitrogens with zero attached hydrogens (tertiary/aromatic N) is 1. The standard InChI is InChI=1S/C18H20N4O3.2ClH/c1-12-16(20-9-10-25-12)18(24)21-14-6-4-13(5-7-14)17(23)22-15-3-2-8-19-11-15;;/h2-8,11-12,16,20H,9-10H2,1H3,(H,21,24)(H,22,23);2*1H/t12-,16+;;/m1../s1. The molecule has 1 fully saturated rings. The van der Waals surface area contributed by atoms with Crippen LogP contribution in [0.15, 0.2) is 48.8 Å². The van der Waals surface area contributed by atoms with Crippen LogP contribution in [-0.2, 0) is 9.53 Å². The average Bonchev–Trinajstić information content (AvgIpc) is 2.63. The van der Waals surface area contributed by atoms with Crippen molar-refractivity contribution < 1.29 is 14.3 Å². The van der Waals surface area contributed by atoms with Gasteiger partial charge in [-0.3, -0.25) is 14.6 Å². The van der Waals surface area contributed by atoms with Crippen LogP contribution in [0.5, 0.6) is 0 Å². The van der Waals surface area contributed by atoms with E-state index in [0.29, 0.717) is 30.1 Å². The molecule has 1 aromatic heterocycles. The lowest BCUT2D eigenvalue weighted by atomic mass is 10.1. The number of carbonyl (C=O) groups excluding carboxylic acids is 2. The summed E-state index contributed by atoms with van der Waals surface area (Å²) in [4.78, 5) is 28.4. The molecule has 0 bridgehead atoms. The highest BCUT2D eigenvalue weighted by molar-refractivity contribution is 6.04. The Morgan fingerprint density at radius 1 is 1.11 bits per heavy atom. The maximum Gasteiger partial charge on any atom is 0.255 e. The number of amides is 2. The van der Waals surface area contributed by atoms with E-state index >= 15 is 0 Å². The highest BCUT2D eigenvalue weighted by atomic mass is 35.5. The van der Waals surface area contributed by atoms with Gasteiger partial charge in [-0.05, 0) is 43.3 Å². The lowest BCUT2D eigenvalue weighted by Gasteiger charge is -2.29. The second-order valence-electron chi connectivity index (χ2n) is 5.77. The number of pyridine rings is 1. The number of ether oxygens (including phenoxy) is 1. The lowest BCUT2D eigenvalue weighted by molar-refractivity contribution is -0.123. The molecule has 0 spiro atoms. The molecule has 1 aliphatic heterocycles. The van der Waals surface area contributed by atoms with E-state index in [4.69, 9.17) is 4.74 Å². The Kier molecular flexibility index (Phi) is 9.17. The van der Waals surface area contributed by atoms with Crippen molar-refractivity contribution in [1.29, 1.82) is 0 Å². The van der Waals surface area contributed by atoms with Gasteiger partial charge in [0.05, 0.1) is 24.6 Å². The zero-order valence-corrected chi connectivity index (χ0v) is 16.3. The summed E-state index contributed by atoms with van der Waals surface area (Å²) >= 11 is 0. The van der Waals surface area contributed by atoms with E-state index in [-0.39, 0.29) is 48.8 Å². The number of nitrogens with one attached hydrogen (secondary N) is 3. The molecule has 1 aromatic carbocycles. The first-order valence-corrected chi connectivity index (χ1v) is 8.11. The number of halogens is 2. The number of rotatable bonds is 4. The van der Waals surface area contributed by atoms with Gasteiger partial charge >= 0.3 is 0 Å². The summed E-state index contributed by atoms with van der Waals surface area (Å²) in [5, 5.41) is 8.73. The van der Waals surface area contributed by atoms with Crippen LogP contribution in [0.1, 0.15) is 17.3 Å². The molecule has 1 saturated heterocycles. The van der Waals surface area contributed by atoms with Gasteiger partial charge in [-0.25, -0.2) is 0 Å². The van der Waals surface area contributed by atoms with E-state index in [9.17, 15) is 9.59 Å². The molecule has 2 amide bonds. The third kappa shape index (κ3) is 6.18. The topological polar surface area (TPSA) is 92.4 Å². The van der Waals surface area contributed by atoms with Gasteiger partial charge in [0, 0.05) is 24.0 Å². The largest absolute Gasteiger partial charge is 0.375 e. The van der Waals surface area contributed by atoms with Crippen molar-refractivity contribution in [2.24, 2.45) is 0 Å². The molecule has 0 saturated carbocycles. The molecule has 3 N–H and O–H groups in total. The first-order chi connectivity index (χ1) is 12.1. The summed E-state index contributed by atoms with van der Waals surface area (Å²) in [6, 6.07) is 9.85. The Labute approximate surface area is 170 Å². The minimum Gasteiger partial charge on any atom is -0.375 e. The SMILES string of the molecule is C[C@H]1OCCN[C@@H]1C(=O)Nc1ccc(C(=O)Nc2cccnc2)cc1.Cl.Cl. The molecule has 146 valence electrons. The fraction of sp³-hybridized carbons (Fsp3) is 0.278. The molecular weight excluding hydrogens is 391 g/mol. The van der Waals surface area contributed by atoms with Crippen molar-refractivity contribution >= 4 is 48.0 Å². The summed E-state index contributed by atoms with van der Waals surface area (Å²) < 4.78 is 5.48. The van der Waals surface area contributed by atoms with Gasteiger partial charge < -0.3 is 20.7 Å². The third-order valence-corrected chi connectivity index (χ3v) is 3.93. The predicted octanol–water partition coefficient (Wildman–Crippen LogP) is 2.49. The second kappa shape index (κ2) is 10.8. The van der Waals surface area contributed by atoms with E-state index in [1.54, 1.807) is 48.8 Å². The Bertz CT molecular complexity index is 744. The molecule has 1 aliphatic rings. The van der Waals surface area contributed by atoms with Crippen LogP contribution in [0.2, 0.25) is 0 Å². The molecule has 2 heterocycles. The number of hydrogen-bond acceptors (Lipinski definition) is 5. The van der Waals surface area contributed by atoms with Crippen molar-refractivity contribution in [2.75, 3.05) is 23.8 Å². The Hall–Kier alpha value is -2.19. The van der Waals surface area contributed by atoms with Gasteiger partial charge in [0.2, 0.25) is 5.91 Å². The van der Waals surface area contributed by atoms with Gasteiger partial charge in [-0.15, -0.1) is 24.8 Å². The first-order valence-electron chi connectivity index (χ1n) is 8.11.